The van der Waals surface area contributed by atoms with Gasteiger partial charge >= 0.3 is 0 Å². The van der Waals surface area contributed by atoms with Crippen molar-refractivity contribution in [3.8, 4) is 11.3 Å². The van der Waals surface area contributed by atoms with Crippen LogP contribution in [-0.2, 0) is 7.05 Å². The summed E-state index contributed by atoms with van der Waals surface area (Å²) in [5.41, 5.74) is 7.26. The van der Waals surface area contributed by atoms with Crippen molar-refractivity contribution in [3.05, 3.63) is 71.2 Å². The summed E-state index contributed by atoms with van der Waals surface area (Å²) in [6.45, 7) is 3.86. The van der Waals surface area contributed by atoms with Gasteiger partial charge in [-0.05, 0) is 36.8 Å². The number of carbonyl (C=O) groups excluding carboxylic acids is 1. The van der Waals surface area contributed by atoms with Crippen molar-refractivity contribution in [2.24, 2.45) is 12.1 Å². The zero-order valence-electron chi connectivity index (χ0n) is 15.9. The van der Waals surface area contributed by atoms with Gasteiger partial charge in [0.1, 0.15) is 5.69 Å². The Morgan fingerprint density at radius 2 is 1.93 bits per heavy atom. The first-order valence-corrected chi connectivity index (χ1v) is 8.91. The maximum absolute atomic E-state index is 12.4. The topological polar surface area (TPSA) is 88.0 Å². The molecule has 0 radical (unpaired) electrons. The second-order valence-corrected chi connectivity index (χ2v) is 6.64. The summed E-state index contributed by atoms with van der Waals surface area (Å²) < 4.78 is 1.78. The number of carbonyl (C=O) groups is 1. The lowest BCUT2D eigenvalue weighted by atomic mass is 10.1. The summed E-state index contributed by atoms with van der Waals surface area (Å²) in [5.74, 6) is -0.352. The van der Waals surface area contributed by atoms with Crippen LogP contribution in [-0.4, -0.2) is 32.1 Å². The number of amides is 1. The van der Waals surface area contributed by atoms with Crippen LogP contribution >= 0.6 is 0 Å². The number of aromatic nitrogens is 4. The Labute approximate surface area is 162 Å². The number of hydrazone groups is 1. The van der Waals surface area contributed by atoms with Crippen LogP contribution in [0, 0.1) is 13.8 Å². The van der Waals surface area contributed by atoms with Crippen LogP contribution in [0.15, 0.2) is 53.6 Å². The smallest absolute Gasteiger partial charge is 0.272 e. The van der Waals surface area contributed by atoms with E-state index in [1.165, 1.54) is 0 Å². The van der Waals surface area contributed by atoms with Crippen molar-refractivity contribution in [2.45, 2.75) is 13.8 Å². The molecule has 0 saturated carbocycles. The van der Waals surface area contributed by atoms with Crippen LogP contribution in [0.4, 0.5) is 0 Å². The number of rotatable bonds is 4. The van der Waals surface area contributed by atoms with E-state index in [2.05, 4.69) is 44.0 Å². The van der Waals surface area contributed by atoms with Crippen molar-refractivity contribution in [1.29, 1.82) is 0 Å². The molecule has 4 aromatic rings. The summed E-state index contributed by atoms with van der Waals surface area (Å²) in [5, 5.41) is 17.7. The average molecular weight is 372 g/mol. The fourth-order valence-electron chi connectivity index (χ4n) is 3.13. The molecule has 1 amide bonds. The second kappa shape index (κ2) is 7.11. The minimum Gasteiger partial charge on any atom is -0.272 e. The SMILES string of the molecule is Cc1nn(C)c(C)c1/C=N\NC(=O)c1cc(-c2ccc3ccccc3c2)n[nH]1. The van der Waals surface area contributed by atoms with Gasteiger partial charge in [0.2, 0.25) is 0 Å². The van der Waals surface area contributed by atoms with Crippen LogP contribution < -0.4 is 5.43 Å². The zero-order valence-corrected chi connectivity index (χ0v) is 15.9. The van der Waals surface area contributed by atoms with Gasteiger partial charge in [-0.15, -0.1) is 0 Å². The molecule has 7 nitrogen and oxygen atoms in total. The molecule has 0 saturated heterocycles. The molecule has 4 rings (SSSR count). The molecule has 0 atom stereocenters. The number of hydrogen-bond acceptors (Lipinski definition) is 4. The van der Waals surface area contributed by atoms with Crippen molar-refractivity contribution in [2.75, 3.05) is 0 Å². The van der Waals surface area contributed by atoms with Gasteiger partial charge < -0.3 is 0 Å². The number of hydrogen-bond donors (Lipinski definition) is 2. The van der Waals surface area contributed by atoms with E-state index in [0.717, 1.165) is 33.3 Å². The third-order valence-electron chi connectivity index (χ3n) is 4.79. The molecule has 0 unspecified atom stereocenters. The number of nitrogens with zero attached hydrogens (tertiary/aromatic N) is 4. The van der Waals surface area contributed by atoms with E-state index in [0.29, 0.717) is 11.4 Å². The maximum atomic E-state index is 12.4. The van der Waals surface area contributed by atoms with Gasteiger partial charge in [-0.1, -0.05) is 36.4 Å². The Bertz CT molecular complexity index is 1200. The van der Waals surface area contributed by atoms with Crippen molar-refractivity contribution in [3.63, 3.8) is 0 Å². The van der Waals surface area contributed by atoms with Gasteiger partial charge in [-0.3, -0.25) is 14.6 Å². The monoisotopic (exact) mass is 372 g/mol. The Hall–Kier alpha value is -3.74. The number of nitrogens with one attached hydrogen (secondary N) is 2. The summed E-state index contributed by atoms with van der Waals surface area (Å²) >= 11 is 0. The molecule has 2 N–H and O–H groups in total. The normalized spacial score (nSPS) is 11.4. The minimum atomic E-state index is -0.352. The van der Waals surface area contributed by atoms with Crippen molar-refractivity contribution >= 4 is 22.9 Å². The highest BCUT2D eigenvalue weighted by atomic mass is 16.2. The van der Waals surface area contributed by atoms with E-state index in [1.807, 2.05) is 45.2 Å². The first kappa shape index (κ1) is 17.7. The number of aromatic amines is 1. The molecule has 7 heteroatoms. The van der Waals surface area contributed by atoms with Crippen LogP contribution in [0.25, 0.3) is 22.0 Å². The number of fused-ring (bicyclic) bond motifs is 1. The molecule has 0 aliphatic heterocycles. The zero-order chi connectivity index (χ0) is 19.7. The summed E-state index contributed by atoms with van der Waals surface area (Å²) in [6.07, 6.45) is 1.61. The first-order chi connectivity index (χ1) is 13.5. The standard InChI is InChI=1S/C21H20N6O/c1-13-18(14(2)27(3)26-13)12-22-25-21(28)20-11-19(23-24-20)17-9-8-15-6-4-5-7-16(15)10-17/h4-12H,1-3H3,(H,23,24)(H,25,28)/b22-12-. The van der Waals surface area contributed by atoms with Gasteiger partial charge in [0.05, 0.1) is 17.6 Å². The lowest BCUT2D eigenvalue weighted by Crippen LogP contribution is -2.18. The molecular weight excluding hydrogens is 352 g/mol. The Morgan fingerprint density at radius 1 is 1.14 bits per heavy atom. The third-order valence-corrected chi connectivity index (χ3v) is 4.79. The lowest BCUT2D eigenvalue weighted by molar-refractivity contribution is 0.0950. The quantitative estimate of drug-likeness (QED) is 0.425. The molecule has 0 aliphatic rings. The number of H-pyrrole nitrogens is 1. The van der Waals surface area contributed by atoms with Crippen molar-refractivity contribution < 1.29 is 4.79 Å². The van der Waals surface area contributed by atoms with E-state index in [-0.39, 0.29) is 5.91 Å². The van der Waals surface area contributed by atoms with Gasteiger partial charge in [-0.25, -0.2) is 5.43 Å². The first-order valence-electron chi connectivity index (χ1n) is 8.91. The van der Waals surface area contributed by atoms with E-state index in [1.54, 1.807) is 17.0 Å². The molecule has 0 spiro atoms. The van der Waals surface area contributed by atoms with Crippen LogP contribution in [0.2, 0.25) is 0 Å². The molecule has 0 fully saturated rings. The fraction of sp³-hybridized carbons (Fsp3) is 0.143. The van der Waals surface area contributed by atoms with Crippen molar-refractivity contribution in [1.82, 2.24) is 25.4 Å². The molecule has 140 valence electrons. The van der Waals surface area contributed by atoms with Gasteiger partial charge in [0, 0.05) is 23.9 Å². The molecule has 2 aromatic carbocycles. The number of aryl methyl sites for hydroxylation is 2. The Morgan fingerprint density at radius 3 is 2.68 bits per heavy atom. The summed E-state index contributed by atoms with van der Waals surface area (Å²) in [7, 11) is 1.87. The Balaban J connectivity index is 1.50. The minimum absolute atomic E-state index is 0.347. The van der Waals surface area contributed by atoms with E-state index < -0.39 is 0 Å². The highest BCUT2D eigenvalue weighted by Crippen LogP contribution is 2.23. The average Bonchev–Trinajstić information content (AvgIpc) is 3.28. The molecule has 28 heavy (non-hydrogen) atoms. The van der Waals surface area contributed by atoms with E-state index >= 15 is 0 Å². The molecule has 2 heterocycles. The lowest BCUT2D eigenvalue weighted by Gasteiger charge is -2.00. The largest absolute Gasteiger partial charge is 0.289 e. The second-order valence-electron chi connectivity index (χ2n) is 6.64. The Kier molecular flexibility index (Phi) is 4.49. The highest BCUT2D eigenvalue weighted by molar-refractivity contribution is 5.95. The summed E-state index contributed by atoms with van der Waals surface area (Å²) in [6, 6.07) is 15.9. The maximum Gasteiger partial charge on any atom is 0.289 e. The predicted octanol–water partition coefficient (Wildman–Crippen LogP) is 3.34. The van der Waals surface area contributed by atoms with Crippen LogP contribution in [0.1, 0.15) is 27.4 Å². The molecular formula is C21H20N6O. The molecule has 0 bridgehead atoms. The van der Waals surface area contributed by atoms with E-state index in [4.69, 9.17) is 0 Å². The van der Waals surface area contributed by atoms with Gasteiger partial charge in [-0.2, -0.15) is 15.3 Å². The van der Waals surface area contributed by atoms with Gasteiger partial charge in [0.25, 0.3) is 5.91 Å². The van der Waals surface area contributed by atoms with Crippen LogP contribution in [0.3, 0.4) is 0 Å². The fourth-order valence-corrected chi connectivity index (χ4v) is 3.13. The molecule has 2 aromatic heterocycles. The van der Waals surface area contributed by atoms with E-state index in [9.17, 15) is 4.79 Å². The number of benzene rings is 2. The summed E-state index contributed by atoms with van der Waals surface area (Å²) in [4.78, 5) is 12.4. The third kappa shape index (κ3) is 3.29. The molecule has 0 aliphatic carbocycles. The predicted molar refractivity (Wildman–Crippen MR) is 109 cm³/mol. The highest BCUT2D eigenvalue weighted by Gasteiger charge is 2.11. The van der Waals surface area contributed by atoms with Gasteiger partial charge in [0.15, 0.2) is 0 Å². The van der Waals surface area contributed by atoms with Crippen LogP contribution in [0.5, 0.6) is 0 Å².